The summed E-state index contributed by atoms with van der Waals surface area (Å²) >= 11 is 0. The van der Waals surface area contributed by atoms with E-state index >= 15 is 0 Å². The van der Waals surface area contributed by atoms with Crippen molar-refractivity contribution < 1.29 is 9.53 Å². The Kier molecular flexibility index (Phi) is 6.34. The van der Waals surface area contributed by atoms with Crippen LogP contribution in [0.5, 0.6) is 0 Å². The van der Waals surface area contributed by atoms with Crippen LogP contribution in [-0.2, 0) is 22.5 Å². The largest absolute Gasteiger partial charge is 0.378 e. The van der Waals surface area contributed by atoms with E-state index < -0.39 is 0 Å². The highest BCUT2D eigenvalue weighted by molar-refractivity contribution is 5.99. The predicted molar refractivity (Wildman–Crippen MR) is 113 cm³/mol. The Bertz CT molecular complexity index is 978. The molecule has 7 heteroatoms. The van der Waals surface area contributed by atoms with Crippen LogP contribution in [-0.4, -0.2) is 56.6 Å². The van der Waals surface area contributed by atoms with Crippen LogP contribution < -0.4 is 0 Å². The van der Waals surface area contributed by atoms with E-state index in [0.717, 1.165) is 79.6 Å². The molecule has 0 spiro atoms. The molecule has 4 rings (SSSR count). The zero-order valence-corrected chi connectivity index (χ0v) is 17.1. The molecule has 0 aliphatic carbocycles. The summed E-state index contributed by atoms with van der Waals surface area (Å²) in [5.41, 5.74) is 3.83. The maximum Gasteiger partial charge on any atom is 0.222 e. The van der Waals surface area contributed by atoms with Crippen molar-refractivity contribution in [2.24, 2.45) is 0 Å². The number of carbonyl (C=O) groups excluding carboxylic acids is 1. The molecule has 0 bridgehead atoms. The van der Waals surface area contributed by atoms with E-state index in [1.807, 2.05) is 29.4 Å². The first-order chi connectivity index (χ1) is 14.3. The van der Waals surface area contributed by atoms with Crippen LogP contribution in [0.3, 0.4) is 0 Å². The molecule has 0 radical (unpaired) electrons. The lowest BCUT2D eigenvalue weighted by Gasteiger charge is -2.26. The van der Waals surface area contributed by atoms with E-state index in [1.165, 1.54) is 0 Å². The number of pyridine rings is 2. The highest BCUT2D eigenvalue weighted by atomic mass is 16.5. The lowest BCUT2D eigenvalue weighted by atomic mass is 10.1. The van der Waals surface area contributed by atoms with Crippen molar-refractivity contribution in [3.05, 3.63) is 30.4 Å². The van der Waals surface area contributed by atoms with Crippen molar-refractivity contribution in [1.82, 2.24) is 24.4 Å². The molecule has 4 heterocycles. The Morgan fingerprint density at radius 1 is 1.14 bits per heavy atom. The standard InChI is InChI=1S/C22H29N5O2/c1-2-7-19-25-18-16-24-17-8-6-10-23-21(17)22(18)27(19)11-5-3-4-9-20(28)26-12-14-29-15-13-26/h6,8,10,16H,2-5,7,9,11-15H2,1H3. The van der Waals surface area contributed by atoms with Crippen molar-refractivity contribution in [2.45, 2.75) is 52.0 Å². The van der Waals surface area contributed by atoms with Gasteiger partial charge in [-0.2, -0.15) is 0 Å². The van der Waals surface area contributed by atoms with Gasteiger partial charge in [0.15, 0.2) is 0 Å². The molecule has 0 saturated carbocycles. The fraction of sp³-hybridized carbons (Fsp3) is 0.545. The summed E-state index contributed by atoms with van der Waals surface area (Å²) in [7, 11) is 0. The molecule has 1 aliphatic heterocycles. The van der Waals surface area contributed by atoms with Crippen LogP contribution in [0.15, 0.2) is 24.5 Å². The molecule has 1 aliphatic rings. The second-order valence-electron chi connectivity index (χ2n) is 7.60. The predicted octanol–water partition coefficient (Wildman–Crippen LogP) is 3.35. The van der Waals surface area contributed by atoms with Gasteiger partial charge in [-0.3, -0.25) is 14.8 Å². The summed E-state index contributed by atoms with van der Waals surface area (Å²) in [5.74, 6) is 1.36. The number of imidazole rings is 1. The maximum absolute atomic E-state index is 12.3. The minimum atomic E-state index is 0.259. The quantitative estimate of drug-likeness (QED) is 0.547. The van der Waals surface area contributed by atoms with E-state index in [1.54, 1.807) is 0 Å². The topological polar surface area (TPSA) is 73.1 Å². The van der Waals surface area contributed by atoms with Crippen LogP contribution in [0.4, 0.5) is 0 Å². The first kappa shape index (κ1) is 19.8. The number of aromatic nitrogens is 4. The van der Waals surface area contributed by atoms with Crippen molar-refractivity contribution >= 4 is 28.0 Å². The second-order valence-corrected chi connectivity index (χ2v) is 7.60. The Morgan fingerprint density at radius 2 is 2.00 bits per heavy atom. The fourth-order valence-corrected chi connectivity index (χ4v) is 4.02. The zero-order chi connectivity index (χ0) is 20.1. The van der Waals surface area contributed by atoms with Crippen LogP contribution in [0.2, 0.25) is 0 Å². The van der Waals surface area contributed by atoms with Crippen molar-refractivity contribution in [2.75, 3.05) is 26.3 Å². The number of hydrogen-bond donors (Lipinski definition) is 0. The minimum absolute atomic E-state index is 0.259. The van der Waals surface area contributed by atoms with Gasteiger partial charge in [-0.15, -0.1) is 0 Å². The lowest BCUT2D eigenvalue weighted by molar-refractivity contribution is -0.135. The van der Waals surface area contributed by atoms with Gasteiger partial charge in [-0.25, -0.2) is 4.98 Å². The van der Waals surface area contributed by atoms with Gasteiger partial charge in [0, 0.05) is 38.7 Å². The molecule has 0 atom stereocenters. The first-order valence-electron chi connectivity index (χ1n) is 10.7. The minimum Gasteiger partial charge on any atom is -0.378 e. The van der Waals surface area contributed by atoms with Crippen LogP contribution in [0.25, 0.3) is 22.1 Å². The summed E-state index contributed by atoms with van der Waals surface area (Å²) in [6, 6.07) is 3.91. The molecule has 154 valence electrons. The molecule has 0 N–H and O–H groups in total. The molecule has 3 aromatic heterocycles. The first-order valence-corrected chi connectivity index (χ1v) is 10.7. The maximum atomic E-state index is 12.3. The smallest absolute Gasteiger partial charge is 0.222 e. The third-order valence-electron chi connectivity index (χ3n) is 5.52. The number of carbonyl (C=O) groups is 1. The summed E-state index contributed by atoms with van der Waals surface area (Å²) in [6.45, 7) is 5.86. The third kappa shape index (κ3) is 4.40. The number of morpholine rings is 1. The summed E-state index contributed by atoms with van der Waals surface area (Å²) in [6.07, 6.45) is 9.27. The molecule has 0 unspecified atom stereocenters. The molecule has 0 aromatic carbocycles. The number of ether oxygens (including phenoxy) is 1. The molecule has 1 amide bonds. The summed E-state index contributed by atoms with van der Waals surface area (Å²) < 4.78 is 7.64. The van der Waals surface area contributed by atoms with Gasteiger partial charge >= 0.3 is 0 Å². The van der Waals surface area contributed by atoms with E-state index in [-0.39, 0.29) is 5.91 Å². The number of amides is 1. The summed E-state index contributed by atoms with van der Waals surface area (Å²) in [4.78, 5) is 28.1. The van der Waals surface area contributed by atoms with Crippen molar-refractivity contribution in [3.8, 4) is 0 Å². The van der Waals surface area contributed by atoms with E-state index in [0.29, 0.717) is 19.6 Å². The second kappa shape index (κ2) is 9.31. The average molecular weight is 396 g/mol. The molecule has 1 fully saturated rings. The molecule has 29 heavy (non-hydrogen) atoms. The number of nitrogens with zero attached hydrogens (tertiary/aromatic N) is 5. The Balaban J connectivity index is 1.42. The van der Waals surface area contributed by atoms with E-state index in [9.17, 15) is 4.79 Å². The molecule has 1 saturated heterocycles. The lowest BCUT2D eigenvalue weighted by Crippen LogP contribution is -2.40. The normalized spacial score (nSPS) is 14.7. The van der Waals surface area contributed by atoms with E-state index in [2.05, 4.69) is 21.5 Å². The van der Waals surface area contributed by atoms with Gasteiger partial charge in [0.05, 0.1) is 30.4 Å². The average Bonchev–Trinajstić information content (AvgIpc) is 3.12. The number of unbranched alkanes of at least 4 members (excludes halogenated alkanes) is 2. The number of fused-ring (bicyclic) bond motifs is 3. The van der Waals surface area contributed by atoms with Crippen molar-refractivity contribution in [1.29, 1.82) is 0 Å². The highest BCUT2D eigenvalue weighted by Gasteiger charge is 2.17. The highest BCUT2D eigenvalue weighted by Crippen LogP contribution is 2.24. The molecule has 7 nitrogen and oxygen atoms in total. The van der Waals surface area contributed by atoms with Crippen LogP contribution in [0.1, 0.15) is 44.9 Å². The molecule has 3 aromatic rings. The molecular formula is C22H29N5O2. The zero-order valence-electron chi connectivity index (χ0n) is 17.1. The number of rotatable bonds is 8. The SMILES string of the molecule is CCCc1nc2cnc3cccnc3c2n1CCCCCC(=O)N1CCOCC1. The van der Waals surface area contributed by atoms with Gasteiger partial charge in [0.2, 0.25) is 5.91 Å². The van der Waals surface area contributed by atoms with E-state index in [4.69, 9.17) is 9.72 Å². The Morgan fingerprint density at radius 3 is 2.83 bits per heavy atom. The monoisotopic (exact) mass is 395 g/mol. The number of aryl methyl sites for hydroxylation is 2. The van der Waals surface area contributed by atoms with Gasteiger partial charge in [0.1, 0.15) is 16.9 Å². The van der Waals surface area contributed by atoms with Gasteiger partial charge in [-0.05, 0) is 31.4 Å². The summed E-state index contributed by atoms with van der Waals surface area (Å²) in [5, 5.41) is 0. The van der Waals surface area contributed by atoms with Crippen LogP contribution in [0, 0.1) is 0 Å². The number of hydrogen-bond acceptors (Lipinski definition) is 5. The molecular weight excluding hydrogens is 366 g/mol. The third-order valence-corrected chi connectivity index (χ3v) is 5.52. The van der Waals surface area contributed by atoms with Crippen molar-refractivity contribution in [3.63, 3.8) is 0 Å². The van der Waals surface area contributed by atoms with Gasteiger partial charge in [0.25, 0.3) is 0 Å². The van der Waals surface area contributed by atoms with Crippen LogP contribution >= 0.6 is 0 Å². The Labute approximate surface area is 171 Å². The fourth-order valence-electron chi connectivity index (χ4n) is 4.02. The van der Waals surface area contributed by atoms with Gasteiger partial charge in [-0.1, -0.05) is 13.3 Å². The van der Waals surface area contributed by atoms with Gasteiger partial charge < -0.3 is 14.2 Å². The Hall–Kier alpha value is -2.54.